The van der Waals surface area contributed by atoms with Gasteiger partial charge in [-0.15, -0.1) is 0 Å². The van der Waals surface area contributed by atoms with Crippen molar-refractivity contribution in [1.82, 2.24) is 10.2 Å². The Balaban J connectivity index is 1.27. The summed E-state index contributed by atoms with van der Waals surface area (Å²) in [5, 5.41) is 4.87. The van der Waals surface area contributed by atoms with Crippen LogP contribution in [0.4, 0.5) is 5.69 Å². The van der Waals surface area contributed by atoms with Gasteiger partial charge in [-0.3, -0.25) is 14.4 Å². The molecule has 2 N–H and O–H groups in total. The van der Waals surface area contributed by atoms with E-state index in [9.17, 15) is 14.4 Å². The topological polar surface area (TPSA) is 106 Å². The van der Waals surface area contributed by atoms with Gasteiger partial charge in [0.15, 0.2) is 11.5 Å². The summed E-state index contributed by atoms with van der Waals surface area (Å²) < 4.78 is 16.6. The molecule has 1 unspecified atom stereocenters. The van der Waals surface area contributed by atoms with E-state index in [-0.39, 0.29) is 18.6 Å². The van der Waals surface area contributed by atoms with E-state index in [1.54, 1.807) is 23.1 Å². The van der Waals surface area contributed by atoms with E-state index in [1.807, 2.05) is 30.3 Å². The molecule has 1 fully saturated rings. The Hall–Kier alpha value is -3.59. The van der Waals surface area contributed by atoms with Crippen LogP contribution in [0, 0.1) is 0 Å². The summed E-state index contributed by atoms with van der Waals surface area (Å²) in [5.41, 5.74) is 1.39. The lowest BCUT2D eigenvalue weighted by atomic mass is 10.1. The first kappa shape index (κ1) is 20.7. The highest BCUT2D eigenvalue weighted by molar-refractivity contribution is 6.39. The number of hydrogen-bond donors (Lipinski definition) is 2. The molecule has 1 atom stereocenters. The third-order valence-corrected chi connectivity index (χ3v) is 5.00. The number of rotatable bonds is 4. The Morgan fingerprint density at radius 2 is 1.71 bits per heavy atom. The first-order valence-corrected chi connectivity index (χ1v) is 10.0. The third-order valence-electron chi connectivity index (χ3n) is 5.00. The predicted molar refractivity (Wildman–Crippen MR) is 111 cm³/mol. The van der Waals surface area contributed by atoms with Gasteiger partial charge in [-0.25, -0.2) is 0 Å². The molecule has 3 amide bonds. The molecular formula is C22H23N3O6. The second-order valence-electron chi connectivity index (χ2n) is 7.11. The number of benzene rings is 2. The lowest BCUT2D eigenvalue weighted by Crippen LogP contribution is -2.48. The molecule has 2 aliphatic heterocycles. The predicted octanol–water partition coefficient (Wildman–Crippen LogP) is 1.11. The minimum atomic E-state index is -0.892. The maximum absolute atomic E-state index is 12.5. The first-order chi connectivity index (χ1) is 15.1. The van der Waals surface area contributed by atoms with Gasteiger partial charge in [0.1, 0.15) is 19.3 Å². The van der Waals surface area contributed by atoms with E-state index >= 15 is 0 Å². The SMILES string of the molecule is O=C(NCC(=O)N1CCOC(c2ccccc2)C1)C(=O)Nc1ccc2c(c1)OCCO2. The molecule has 2 heterocycles. The largest absolute Gasteiger partial charge is 0.486 e. The van der Waals surface area contributed by atoms with Gasteiger partial charge in [-0.2, -0.15) is 0 Å². The number of hydrogen-bond acceptors (Lipinski definition) is 6. The monoisotopic (exact) mass is 425 g/mol. The molecule has 4 rings (SSSR count). The van der Waals surface area contributed by atoms with Gasteiger partial charge in [-0.1, -0.05) is 30.3 Å². The van der Waals surface area contributed by atoms with Crippen LogP contribution < -0.4 is 20.1 Å². The minimum absolute atomic E-state index is 0.215. The molecule has 1 saturated heterocycles. The summed E-state index contributed by atoms with van der Waals surface area (Å²) in [7, 11) is 0. The number of morpholine rings is 1. The number of carbonyl (C=O) groups excluding carboxylic acids is 3. The molecule has 9 nitrogen and oxygen atoms in total. The van der Waals surface area contributed by atoms with E-state index in [4.69, 9.17) is 14.2 Å². The highest BCUT2D eigenvalue weighted by Gasteiger charge is 2.26. The van der Waals surface area contributed by atoms with Crippen molar-refractivity contribution < 1.29 is 28.6 Å². The fourth-order valence-corrected chi connectivity index (χ4v) is 3.40. The van der Waals surface area contributed by atoms with Crippen molar-refractivity contribution in [3.8, 4) is 11.5 Å². The van der Waals surface area contributed by atoms with Crippen molar-refractivity contribution in [2.75, 3.05) is 44.8 Å². The number of amides is 3. The molecule has 162 valence electrons. The quantitative estimate of drug-likeness (QED) is 0.711. The van der Waals surface area contributed by atoms with Crippen LogP contribution in [0.2, 0.25) is 0 Å². The van der Waals surface area contributed by atoms with Crippen molar-refractivity contribution in [2.45, 2.75) is 6.10 Å². The molecule has 2 aromatic rings. The maximum Gasteiger partial charge on any atom is 0.313 e. The average Bonchev–Trinajstić information content (AvgIpc) is 2.82. The molecular weight excluding hydrogens is 402 g/mol. The summed E-state index contributed by atoms with van der Waals surface area (Å²) in [6, 6.07) is 14.5. The van der Waals surface area contributed by atoms with Crippen LogP contribution >= 0.6 is 0 Å². The molecule has 0 aliphatic carbocycles. The molecule has 0 radical (unpaired) electrons. The summed E-state index contributed by atoms with van der Waals surface area (Å²) >= 11 is 0. The van der Waals surface area contributed by atoms with Gasteiger partial charge in [0.2, 0.25) is 5.91 Å². The molecule has 0 bridgehead atoms. The molecule has 2 aliphatic rings. The van der Waals surface area contributed by atoms with Crippen molar-refractivity contribution in [3.63, 3.8) is 0 Å². The smallest absolute Gasteiger partial charge is 0.313 e. The lowest BCUT2D eigenvalue weighted by Gasteiger charge is -2.33. The summed E-state index contributed by atoms with van der Waals surface area (Å²) in [5.74, 6) is -0.951. The van der Waals surface area contributed by atoms with Crippen LogP contribution in [-0.2, 0) is 19.1 Å². The van der Waals surface area contributed by atoms with E-state index in [0.29, 0.717) is 50.1 Å². The number of nitrogens with one attached hydrogen (secondary N) is 2. The van der Waals surface area contributed by atoms with E-state index in [1.165, 1.54) is 0 Å². The van der Waals surface area contributed by atoms with E-state index in [2.05, 4.69) is 10.6 Å². The van der Waals surface area contributed by atoms with E-state index in [0.717, 1.165) is 5.56 Å². The van der Waals surface area contributed by atoms with Crippen LogP contribution in [0.1, 0.15) is 11.7 Å². The van der Waals surface area contributed by atoms with Crippen LogP contribution in [0.5, 0.6) is 11.5 Å². The summed E-state index contributed by atoms with van der Waals surface area (Å²) in [4.78, 5) is 38.4. The molecule has 0 spiro atoms. The van der Waals surface area contributed by atoms with Crippen molar-refractivity contribution in [3.05, 3.63) is 54.1 Å². The number of carbonyl (C=O) groups is 3. The number of ether oxygens (including phenoxy) is 3. The fraction of sp³-hybridized carbons (Fsp3) is 0.318. The Morgan fingerprint density at radius 3 is 2.52 bits per heavy atom. The highest BCUT2D eigenvalue weighted by atomic mass is 16.6. The Bertz CT molecular complexity index is 965. The van der Waals surface area contributed by atoms with Crippen molar-refractivity contribution >= 4 is 23.4 Å². The zero-order valence-corrected chi connectivity index (χ0v) is 16.8. The Kier molecular flexibility index (Phi) is 6.32. The number of fused-ring (bicyclic) bond motifs is 1. The van der Waals surface area contributed by atoms with Gasteiger partial charge >= 0.3 is 11.8 Å². The summed E-state index contributed by atoms with van der Waals surface area (Å²) in [6.45, 7) is 1.84. The van der Waals surface area contributed by atoms with Crippen LogP contribution in [0.3, 0.4) is 0 Å². The lowest BCUT2D eigenvalue weighted by molar-refractivity contribution is -0.141. The maximum atomic E-state index is 12.5. The van der Waals surface area contributed by atoms with E-state index < -0.39 is 11.8 Å². The van der Waals surface area contributed by atoms with Crippen molar-refractivity contribution in [1.29, 1.82) is 0 Å². The third kappa shape index (κ3) is 5.13. The van der Waals surface area contributed by atoms with Gasteiger partial charge < -0.3 is 29.7 Å². The van der Waals surface area contributed by atoms with Crippen molar-refractivity contribution in [2.24, 2.45) is 0 Å². The van der Waals surface area contributed by atoms with Crippen LogP contribution in [0.15, 0.2) is 48.5 Å². The normalized spacial score (nSPS) is 17.5. The highest BCUT2D eigenvalue weighted by Crippen LogP contribution is 2.32. The van der Waals surface area contributed by atoms with Gasteiger partial charge in [0.05, 0.1) is 19.7 Å². The number of nitrogens with zero attached hydrogens (tertiary/aromatic N) is 1. The molecule has 0 aromatic heterocycles. The van der Waals surface area contributed by atoms with Gasteiger partial charge in [0, 0.05) is 18.3 Å². The van der Waals surface area contributed by atoms with Gasteiger partial charge in [-0.05, 0) is 17.7 Å². The average molecular weight is 425 g/mol. The fourth-order valence-electron chi connectivity index (χ4n) is 3.40. The zero-order valence-electron chi connectivity index (χ0n) is 16.8. The standard InChI is InChI=1S/C22H23N3O6/c26-20(25-8-9-29-19(14-25)15-4-2-1-3-5-15)13-23-21(27)22(28)24-16-6-7-17-18(12-16)31-11-10-30-17/h1-7,12,19H,8-11,13-14H2,(H,23,27)(H,24,28). The molecule has 9 heteroatoms. The Labute approximate surface area is 179 Å². The zero-order chi connectivity index (χ0) is 21.6. The molecule has 2 aromatic carbocycles. The number of anilines is 1. The minimum Gasteiger partial charge on any atom is -0.486 e. The second-order valence-corrected chi connectivity index (χ2v) is 7.11. The molecule has 31 heavy (non-hydrogen) atoms. The summed E-state index contributed by atoms with van der Waals surface area (Å²) in [6.07, 6.45) is -0.215. The second kappa shape index (κ2) is 9.48. The Morgan fingerprint density at radius 1 is 0.935 bits per heavy atom. The van der Waals surface area contributed by atoms with Crippen LogP contribution in [-0.4, -0.2) is 62.1 Å². The van der Waals surface area contributed by atoms with Crippen LogP contribution in [0.25, 0.3) is 0 Å². The van der Waals surface area contributed by atoms with Gasteiger partial charge in [0.25, 0.3) is 0 Å². The first-order valence-electron chi connectivity index (χ1n) is 10.0. The molecule has 0 saturated carbocycles.